The number of hydrogen-bond donors (Lipinski definition) is 2. The number of ether oxygens (including phenoxy) is 2. The molecule has 0 fully saturated rings. The number of fused-ring (bicyclic) bond motifs is 1. The van der Waals surface area contributed by atoms with Crippen molar-refractivity contribution in [2.75, 3.05) is 32.6 Å². The SMILES string of the molecule is COc1cc2c(cc1OC)C(CNC(=O)c1cccc(Cl)c1)N(C(=O)Nc1ccccc1)CC2. The Labute approximate surface area is 203 Å². The van der Waals surface area contributed by atoms with Gasteiger partial charge < -0.3 is 25.0 Å². The summed E-state index contributed by atoms with van der Waals surface area (Å²) in [6.07, 6.45) is 0.649. The van der Waals surface area contributed by atoms with E-state index in [-0.39, 0.29) is 18.5 Å². The highest BCUT2D eigenvalue weighted by atomic mass is 35.5. The van der Waals surface area contributed by atoms with Crippen molar-refractivity contribution in [2.24, 2.45) is 0 Å². The molecule has 0 aromatic heterocycles. The van der Waals surface area contributed by atoms with Crippen LogP contribution in [0.25, 0.3) is 0 Å². The molecular weight excluding hydrogens is 454 g/mol. The Morgan fingerprint density at radius 2 is 1.74 bits per heavy atom. The predicted molar refractivity (Wildman–Crippen MR) is 132 cm³/mol. The van der Waals surface area contributed by atoms with Gasteiger partial charge in [0.1, 0.15) is 0 Å². The Kier molecular flexibility index (Phi) is 7.23. The molecule has 1 aliphatic heterocycles. The number of urea groups is 1. The zero-order valence-electron chi connectivity index (χ0n) is 19.0. The van der Waals surface area contributed by atoms with E-state index in [4.69, 9.17) is 21.1 Å². The van der Waals surface area contributed by atoms with Crippen molar-refractivity contribution in [2.45, 2.75) is 12.5 Å². The molecule has 1 heterocycles. The van der Waals surface area contributed by atoms with Crippen molar-refractivity contribution in [1.29, 1.82) is 0 Å². The molecule has 1 atom stereocenters. The average Bonchev–Trinajstić information content (AvgIpc) is 2.86. The number of nitrogens with zero attached hydrogens (tertiary/aromatic N) is 1. The van der Waals surface area contributed by atoms with Crippen LogP contribution < -0.4 is 20.1 Å². The van der Waals surface area contributed by atoms with Crippen LogP contribution in [0, 0.1) is 0 Å². The number of hydrogen-bond acceptors (Lipinski definition) is 4. The predicted octanol–water partition coefficient (Wildman–Crippen LogP) is 4.92. The summed E-state index contributed by atoms with van der Waals surface area (Å²) in [6, 6.07) is 19.2. The molecule has 8 heteroatoms. The van der Waals surface area contributed by atoms with E-state index in [1.54, 1.807) is 43.4 Å². The summed E-state index contributed by atoms with van der Waals surface area (Å²) in [5.41, 5.74) is 3.10. The zero-order chi connectivity index (χ0) is 24.1. The Bertz CT molecular complexity index is 1190. The Morgan fingerprint density at radius 3 is 2.44 bits per heavy atom. The summed E-state index contributed by atoms with van der Waals surface area (Å²) in [7, 11) is 3.16. The van der Waals surface area contributed by atoms with Gasteiger partial charge in [-0.25, -0.2) is 4.79 Å². The summed E-state index contributed by atoms with van der Waals surface area (Å²) in [5, 5.41) is 6.39. The maximum atomic E-state index is 13.3. The molecule has 3 aromatic carbocycles. The lowest BCUT2D eigenvalue weighted by Gasteiger charge is -2.38. The van der Waals surface area contributed by atoms with E-state index >= 15 is 0 Å². The fourth-order valence-corrected chi connectivity index (χ4v) is 4.32. The van der Waals surface area contributed by atoms with Crippen LogP contribution in [0.1, 0.15) is 27.5 Å². The minimum atomic E-state index is -0.407. The van der Waals surface area contributed by atoms with Crippen molar-refractivity contribution < 1.29 is 19.1 Å². The molecule has 0 spiro atoms. The molecule has 0 radical (unpaired) electrons. The number of amides is 3. The summed E-state index contributed by atoms with van der Waals surface area (Å²) in [6.45, 7) is 0.703. The van der Waals surface area contributed by atoms with Gasteiger partial charge in [0, 0.05) is 29.4 Å². The third kappa shape index (κ3) is 5.10. The van der Waals surface area contributed by atoms with Crippen LogP contribution in [-0.4, -0.2) is 44.1 Å². The second kappa shape index (κ2) is 10.5. The zero-order valence-corrected chi connectivity index (χ0v) is 19.8. The van der Waals surface area contributed by atoms with Gasteiger partial charge in [0.05, 0.1) is 20.3 Å². The van der Waals surface area contributed by atoms with Crippen LogP contribution in [0.15, 0.2) is 66.7 Å². The first-order valence-electron chi connectivity index (χ1n) is 10.9. The molecule has 176 valence electrons. The number of para-hydroxylation sites is 1. The molecule has 1 aliphatic rings. The first-order valence-corrected chi connectivity index (χ1v) is 11.3. The second-order valence-electron chi connectivity index (χ2n) is 7.88. The lowest BCUT2D eigenvalue weighted by atomic mass is 9.91. The Hall–Kier alpha value is -3.71. The van der Waals surface area contributed by atoms with Gasteiger partial charge in [-0.3, -0.25) is 4.79 Å². The van der Waals surface area contributed by atoms with Crippen LogP contribution in [0.5, 0.6) is 11.5 Å². The van der Waals surface area contributed by atoms with E-state index in [1.807, 2.05) is 42.5 Å². The molecule has 0 saturated carbocycles. The van der Waals surface area contributed by atoms with Crippen LogP contribution in [0.3, 0.4) is 0 Å². The number of halogens is 1. The van der Waals surface area contributed by atoms with Crippen LogP contribution in [-0.2, 0) is 6.42 Å². The maximum absolute atomic E-state index is 13.3. The van der Waals surface area contributed by atoms with E-state index in [9.17, 15) is 9.59 Å². The minimum Gasteiger partial charge on any atom is -0.493 e. The Morgan fingerprint density at radius 1 is 1.00 bits per heavy atom. The smallest absolute Gasteiger partial charge is 0.322 e. The molecule has 0 aliphatic carbocycles. The molecule has 34 heavy (non-hydrogen) atoms. The third-order valence-corrected chi connectivity index (χ3v) is 6.07. The van der Waals surface area contributed by atoms with E-state index < -0.39 is 6.04 Å². The first-order chi connectivity index (χ1) is 16.5. The molecule has 0 saturated heterocycles. The van der Waals surface area contributed by atoms with Gasteiger partial charge in [-0.1, -0.05) is 35.9 Å². The first kappa shape index (κ1) is 23.4. The minimum absolute atomic E-state index is 0.218. The second-order valence-corrected chi connectivity index (χ2v) is 8.32. The summed E-state index contributed by atoms with van der Waals surface area (Å²) < 4.78 is 11.0. The Balaban J connectivity index is 1.63. The lowest BCUT2D eigenvalue weighted by molar-refractivity contribution is 0.0936. The molecular formula is C26H26ClN3O4. The van der Waals surface area contributed by atoms with Crippen LogP contribution in [0.4, 0.5) is 10.5 Å². The molecule has 1 unspecified atom stereocenters. The number of anilines is 1. The van der Waals surface area contributed by atoms with Gasteiger partial charge in [-0.15, -0.1) is 0 Å². The highest BCUT2D eigenvalue weighted by Crippen LogP contribution is 2.38. The number of nitrogens with one attached hydrogen (secondary N) is 2. The number of rotatable bonds is 6. The number of carbonyl (C=O) groups excluding carboxylic acids is 2. The summed E-state index contributed by atoms with van der Waals surface area (Å²) >= 11 is 6.04. The molecule has 3 aromatic rings. The quantitative estimate of drug-likeness (QED) is 0.526. The summed E-state index contributed by atoms with van der Waals surface area (Å²) in [5.74, 6) is 0.932. The largest absolute Gasteiger partial charge is 0.493 e. The van der Waals surface area contributed by atoms with Gasteiger partial charge in [0.25, 0.3) is 5.91 Å². The van der Waals surface area contributed by atoms with Crippen LogP contribution >= 0.6 is 11.6 Å². The maximum Gasteiger partial charge on any atom is 0.322 e. The van der Waals surface area contributed by atoms with Crippen molar-refractivity contribution in [3.05, 3.63) is 88.4 Å². The van der Waals surface area contributed by atoms with E-state index in [2.05, 4.69) is 10.6 Å². The van der Waals surface area contributed by atoms with Crippen molar-refractivity contribution in [1.82, 2.24) is 10.2 Å². The third-order valence-electron chi connectivity index (χ3n) is 5.83. The van der Waals surface area contributed by atoms with Gasteiger partial charge in [-0.2, -0.15) is 0 Å². The lowest BCUT2D eigenvalue weighted by Crippen LogP contribution is -2.46. The van der Waals surface area contributed by atoms with E-state index in [0.717, 1.165) is 11.1 Å². The van der Waals surface area contributed by atoms with Crippen molar-refractivity contribution in [3.8, 4) is 11.5 Å². The molecule has 0 bridgehead atoms. The highest BCUT2D eigenvalue weighted by molar-refractivity contribution is 6.30. The molecule has 4 rings (SSSR count). The molecule has 7 nitrogen and oxygen atoms in total. The van der Waals surface area contributed by atoms with Gasteiger partial charge >= 0.3 is 6.03 Å². The normalized spacial score (nSPS) is 14.7. The number of benzene rings is 3. The summed E-state index contributed by atoms with van der Waals surface area (Å²) in [4.78, 5) is 27.8. The van der Waals surface area contributed by atoms with Gasteiger partial charge in [-0.05, 0) is 60.0 Å². The number of carbonyl (C=O) groups is 2. The fraction of sp³-hybridized carbons (Fsp3) is 0.231. The standard InChI is InChI=1S/C26H26ClN3O4/c1-33-23-14-17-11-12-30(26(32)29-20-9-4-3-5-10-20)22(21(17)15-24(23)34-2)16-28-25(31)18-7-6-8-19(27)13-18/h3-10,13-15,22H,11-12,16H2,1-2H3,(H,28,31)(H,29,32). The van der Waals surface area contributed by atoms with E-state index in [1.165, 1.54) is 0 Å². The van der Waals surface area contributed by atoms with Gasteiger partial charge in [0.15, 0.2) is 11.5 Å². The van der Waals surface area contributed by atoms with E-state index in [0.29, 0.717) is 40.7 Å². The van der Waals surface area contributed by atoms with Crippen LogP contribution in [0.2, 0.25) is 5.02 Å². The molecule has 2 N–H and O–H groups in total. The highest BCUT2D eigenvalue weighted by Gasteiger charge is 2.32. The van der Waals surface area contributed by atoms with Gasteiger partial charge in [0.2, 0.25) is 0 Å². The number of methoxy groups -OCH3 is 2. The fourth-order valence-electron chi connectivity index (χ4n) is 4.13. The monoisotopic (exact) mass is 479 g/mol. The molecule has 3 amide bonds. The topological polar surface area (TPSA) is 79.9 Å². The van der Waals surface area contributed by atoms with Crippen molar-refractivity contribution in [3.63, 3.8) is 0 Å². The van der Waals surface area contributed by atoms with Crippen molar-refractivity contribution >= 4 is 29.2 Å². The average molecular weight is 480 g/mol.